The highest BCUT2D eigenvalue weighted by Crippen LogP contribution is 2.17. The van der Waals surface area contributed by atoms with Gasteiger partial charge in [0.2, 0.25) is 11.7 Å². The Balaban J connectivity index is 1.55. The molecular weight excluding hydrogens is 308 g/mol. The first-order valence-corrected chi connectivity index (χ1v) is 8.25. The van der Waals surface area contributed by atoms with Gasteiger partial charge in [-0.05, 0) is 37.1 Å². The number of likely N-dealkylation sites (tertiary alicyclic amines) is 1. The number of nitrogens with two attached hydrogens (primary N) is 1. The van der Waals surface area contributed by atoms with Crippen molar-refractivity contribution >= 4 is 5.91 Å². The number of benzene rings is 1. The van der Waals surface area contributed by atoms with Crippen LogP contribution in [0.15, 0.2) is 28.8 Å². The van der Waals surface area contributed by atoms with Gasteiger partial charge in [-0.3, -0.25) is 4.79 Å². The Hall–Kier alpha value is -2.41. The van der Waals surface area contributed by atoms with E-state index in [1.165, 1.54) is 0 Å². The molecule has 2 N–H and O–H groups in total. The number of piperidine rings is 1. The SMILES string of the molecule is CCc1nc(COc2ccc(C(=O)N3CCC(N)CC3)cc2)no1. The van der Waals surface area contributed by atoms with Crippen LogP contribution in [0, 0.1) is 0 Å². The number of nitrogens with zero attached hydrogens (tertiary/aromatic N) is 3. The van der Waals surface area contributed by atoms with Crippen molar-refractivity contribution in [3.63, 3.8) is 0 Å². The zero-order valence-corrected chi connectivity index (χ0v) is 13.8. The van der Waals surface area contributed by atoms with E-state index in [4.69, 9.17) is 15.0 Å². The van der Waals surface area contributed by atoms with Crippen LogP contribution in [0.1, 0.15) is 41.8 Å². The quantitative estimate of drug-likeness (QED) is 0.898. The molecule has 7 heteroatoms. The second kappa shape index (κ2) is 7.44. The fourth-order valence-corrected chi connectivity index (χ4v) is 2.62. The zero-order valence-electron chi connectivity index (χ0n) is 13.8. The van der Waals surface area contributed by atoms with E-state index in [0.717, 1.165) is 25.9 Å². The van der Waals surface area contributed by atoms with Gasteiger partial charge in [-0.25, -0.2) is 0 Å². The molecule has 3 rings (SSSR count). The van der Waals surface area contributed by atoms with Crippen LogP contribution < -0.4 is 10.5 Å². The van der Waals surface area contributed by atoms with Gasteiger partial charge in [-0.2, -0.15) is 4.98 Å². The minimum absolute atomic E-state index is 0.0409. The molecule has 0 bridgehead atoms. The summed E-state index contributed by atoms with van der Waals surface area (Å²) in [6.45, 7) is 3.62. The second-order valence-corrected chi connectivity index (χ2v) is 5.90. The molecule has 128 valence electrons. The maximum absolute atomic E-state index is 12.4. The van der Waals surface area contributed by atoms with Crippen LogP contribution >= 0.6 is 0 Å². The normalized spacial score (nSPS) is 15.5. The molecule has 2 aromatic rings. The van der Waals surface area contributed by atoms with Crippen molar-refractivity contribution in [2.24, 2.45) is 5.73 Å². The Morgan fingerprint density at radius 2 is 2.04 bits per heavy atom. The monoisotopic (exact) mass is 330 g/mol. The van der Waals surface area contributed by atoms with Gasteiger partial charge in [0.15, 0.2) is 6.61 Å². The van der Waals surface area contributed by atoms with Gasteiger partial charge in [-0.15, -0.1) is 0 Å². The molecule has 0 unspecified atom stereocenters. The van der Waals surface area contributed by atoms with Crippen molar-refractivity contribution in [1.82, 2.24) is 15.0 Å². The Morgan fingerprint density at radius 1 is 1.33 bits per heavy atom. The van der Waals surface area contributed by atoms with E-state index in [9.17, 15) is 4.79 Å². The minimum atomic E-state index is 0.0409. The molecule has 1 saturated heterocycles. The lowest BCUT2D eigenvalue weighted by Crippen LogP contribution is -2.42. The van der Waals surface area contributed by atoms with Gasteiger partial charge in [-0.1, -0.05) is 12.1 Å². The predicted molar refractivity (Wildman–Crippen MR) is 87.6 cm³/mol. The molecule has 1 fully saturated rings. The molecule has 0 aliphatic carbocycles. The summed E-state index contributed by atoms with van der Waals surface area (Å²) in [6.07, 6.45) is 2.42. The highest BCUT2D eigenvalue weighted by molar-refractivity contribution is 5.94. The number of amides is 1. The first kappa shape index (κ1) is 16.4. The molecular formula is C17H22N4O3. The summed E-state index contributed by atoms with van der Waals surface area (Å²) in [5, 5.41) is 3.83. The second-order valence-electron chi connectivity index (χ2n) is 5.90. The van der Waals surface area contributed by atoms with Crippen molar-refractivity contribution in [2.75, 3.05) is 13.1 Å². The van der Waals surface area contributed by atoms with Gasteiger partial charge in [0.25, 0.3) is 5.91 Å². The van der Waals surface area contributed by atoms with E-state index in [-0.39, 0.29) is 18.6 Å². The lowest BCUT2D eigenvalue weighted by atomic mass is 10.0. The first-order valence-electron chi connectivity index (χ1n) is 8.25. The molecule has 1 amide bonds. The van der Waals surface area contributed by atoms with Crippen molar-refractivity contribution in [1.29, 1.82) is 0 Å². The molecule has 0 saturated carbocycles. The molecule has 2 heterocycles. The van der Waals surface area contributed by atoms with E-state index in [1.807, 2.05) is 11.8 Å². The van der Waals surface area contributed by atoms with E-state index < -0.39 is 0 Å². The largest absolute Gasteiger partial charge is 0.485 e. The lowest BCUT2D eigenvalue weighted by Gasteiger charge is -2.30. The summed E-state index contributed by atoms with van der Waals surface area (Å²) >= 11 is 0. The molecule has 1 aliphatic rings. The summed E-state index contributed by atoms with van der Waals surface area (Å²) < 4.78 is 10.6. The average Bonchev–Trinajstić information content (AvgIpc) is 3.09. The minimum Gasteiger partial charge on any atom is -0.485 e. The number of hydrogen-bond donors (Lipinski definition) is 1. The van der Waals surface area contributed by atoms with Gasteiger partial charge in [0, 0.05) is 31.1 Å². The van der Waals surface area contributed by atoms with Crippen LogP contribution in [0.2, 0.25) is 0 Å². The van der Waals surface area contributed by atoms with Gasteiger partial charge in [0.1, 0.15) is 5.75 Å². The van der Waals surface area contributed by atoms with Crippen LogP contribution in [0.4, 0.5) is 0 Å². The van der Waals surface area contributed by atoms with Gasteiger partial charge >= 0.3 is 0 Å². The number of carbonyl (C=O) groups excluding carboxylic acids is 1. The summed E-state index contributed by atoms with van der Waals surface area (Å²) in [7, 11) is 0. The van der Waals surface area contributed by atoms with Crippen LogP contribution in [0.5, 0.6) is 5.75 Å². The van der Waals surface area contributed by atoms with E-state index in [0.29, 0.717) is 29.4 Å². The third-order valence-electron chi connectivity index (χ3n) is 4.11. The van der Waals surface area contributed by atoms with Crippen molar-refractivity contribution in [3.05, 3.63) is 41.5 Å². The summed E-state index contributed by atoms with van der Waals surface area (Å²) in [6, 6.07) is 7.33. The maximum atomic E-state index is 12.4. The Bertz CT molecular complexity index is 675. The number of aromatic nitrogens is 2. The Kier molecular flexibility index (Phi) is 5.10. The van der Waals surface area contributed by atoms with Crippen molar-refractivity contribution in [2.45, 2.75) is 38.8 Å². The highest BCUT2D eigenvalue weighted by atomic mass is 16.5. The topological polar surface area (TPSA) is 94.5 Å². The Morgan fingerprint density at radius 3 is 2.67 bits per heavy atom. The van der Waals surface area contributed by atoms with Crippen LogP contribution in [0.3, 0.4) is 0 Å². The van der Waals surface area contributed by atoms with E-state index in [1.54, 1.807) is 24.3 Å². The number of aryl methyl sites for hydroxylation is 1. The number of ether oxygens (including phenoxy) is 1. The molecule has 1 aliphatic heterocycles. The number of rotatable bonds is 5. The fourth-order valence-electron chi connectivity index (χ4n) is 2.62. The standard InChI is InChI=1S/C17H22N4O3/c1-2-16-19-15(20-24-16)11-23-14-5-3-12(4-6-14)17(22)21-9-7-13(18)8-10-21/h3-6,13H,2,7-11,18H2,1H3. The Labute approximate surface area is 140 Å². The lowest BCUT2D eigenvalue weighted by molar-refractivity contribution is 0.0714. The highest BCUT2D eigenvalue weighted by Gasteiger charge is 2.21. The molecule has 7 nitrogen and oxygen atoms in total. The molecule has 24 heavy (non-hydrogen) atoms. The molecule has 1 aromatic carbocycles. The third kappa shape index (κ3) is 3.91. The number of carbonyl (C=O) groups is 1. The van der Waals surface area contributed by atoms with Crippen molar-refractivity contribution in [3.8, 4) is 5.75 Å². The zero-order chi connectivity index (χ0) is 16.9. The maximum Gasteiger partial charge on any atom is 0.253 e. The molecule has 1 aromatic heterocycles. The average molecular weight is 330 g/mol. The first-order chi connectivity index (χ1) is 11.7. The van der Waals surface area contributed by atoms with Crippen LogP contribution in [0.25, 0.3) is 0 Å². The summed E-state index contributed by atoms with van der Waals surface area (Å²) in [4.78, 5) is 18.5. The predicted octanol–water partition coefficient (Wildman–Crippen LogP) is 1.77. The summed E-state index contributed by atoms with van der Waals surface area (Å²) in [5.74, 6) is 1.81. The molecule has 0 spiro atoms. The summed E-state index contributed by atoms with van der Waals surface area (Å²) in [5.41, 5.74) is 6.53. The van der Waals surface area contributed by atoms with Gasteiger partial charge in [0.05, 0.1) is 0 Å². The van der Waals surface area contributed by atoms with Crippen LogP contribution in [-0.4, -0.2) is 40.1 Å². The van der Waals surface area contributed by atoms with E-state index in [2.05, 4.69) is 10.1 Å². The van der Waals surface area contributed by atoms with Crippen molar-refractivity contribution < 1.29 is 14.1 Å². The van der Waals surface area contributed by atoms with Crippen LogP contribution in [-0.2, 0) is 13.0 Å². The molecule has 0 atom stereocenters. The molecule has 0 radical (unpaired) electrons. The third-order valence-corrected chi connectivity index (χ3v) is 4.11. The smallest absolute Gasteiger partial charge is 0.253 e. The number of hydrogen-bond acceptors (Lipinski definition) is 6. The fraction of sp³-hybridized carbons (Fsp3) is 0.471. The van der Waals surface area contributed by atoms with E-state index >= 15 is 0 Å². The van der Waals surface area contributed by atoms with Gasteiger partial charge < -0.3 is 19.9 Å².